The zero-order valence-electron chi connectivity index (χ0n) is 13.3. The summed E-state index contributed by atoms with van der Waals surface area (Å²) in [5, 5.41) is 2.66. The number of rotatable bonds is 6. The second-order valence-corrected chi connectivity index (χ2v) is 5.20. The lowest BCUT2D eigenvalue weighted by Crippen LogP contribution is -2.25. The molecule has 6 heteroatoms. The highest BCUT2D eigenvalue weighted by Crippen LogP contribution is 2.29. The van der Waals surface area contributed by atoms with E-state index in [4.69, 9.17) is 14.2 Å². The number of ether oxygens (including phenoxy) is 3. The minimum Gasteiger partial charge on any atom is -0.497 e. The first-order valence-electron chi connectivity index (χ1n) is 7.47. The van der Waals surface area contributed by atoms with Gasteiger partial charge in [0.1, 0.15) is 11.5 Å². The molecule has 0 aliphatic heterocycles. The maximum atomic E-state index is 11.9. The zero-order chi connectivity index (χ0) is 16.7. The molecule has 0 fully saturated rings. The summed E-state index contributed by atoms with van der Waals surface area (Å²) in [7, 11) is 3.05. The molecule has 1 aromatic rings. The lowest BCUT2D eigenvalue weighted by atomic mass is 9.95. The second kappa shape index (κ2) is 8.22. The fourth-order valence-corrected chi connectivity index (χ4v) is 2.35. The summed E-state index contributed by atoms with van der Waals surface area (Å²) in [6.07, 6.45) is 6.33. The van der Waals surface area contributed by atoms with Crippen molar-refractivity contribution in [3.8, 4) is 11.5 Å². The Kier molecular flexibility index (Phi) is 6.02. The van der Waals surface area contributed by atoms with Gasteiger partial charge >= 0.3 is 5.97 Å². The van der Waals surface area contributed by atoms with Gasteiger partial charge in [-0.25, -0.2) is 0 Å². The molecule has 0 spiro atoms. The normalized spacial score (nSPS) is 16.5. The number of esters is 1. The van der Waals surface area contributed by atoms with Crippen LogP contribution < -0.4 is 14.8 Å². The van der Waals surface area contributed by atoms with Crippen LogP contribution in [-0.2, 0) is 14.3 Å². The Morgan fingerprint density at radius 1 is 1.22 bits per heavy atom. The van der Waals surface area contributed by atoms with Crippen LogP contribution in [-0.4, -0.2) is 32.7 Å². The van der Waals surface area contributed by atoms with Crippen molar-refractivity contribution < 1.29 is 23.8 Å². The van der Waals surface area contributed by atoms with E-state index in [1.807, 2.05) is 12.2 Å². The van der Waals surface area contributed by atoms with Crippen LogP contribution in [0.5, 0.6) is 11.5 Å². The van der Waals surface area contributed by atoms with E-state index in [0.29, 0.717) is 23.6 Å². The van der Waals surface area contributed by atoms with Gasteiger partial charge < -0.3 is 19.5 Å². The molecule has 124 valence electrons. The molecule has 0 bridgehead atoms. The lowest BCUT2D eigenvalue weighted by Gasteiger charge is -2.16. The minimum atomic E-state index is -0.409. The van der Waals surface area contributed by atoms with E-state index in [2.05, 4.69) is 5.32 Å². The van der Waals surface area contributed by atoms with Gasteiger partial charge in [0.2, 0.25) is 0 Å². The molecule has 1 aromatic carbocycles. The predicted molar refractivity (Wildman–Crippen MR) is 85.6 cm³/mol. The van der Waals surface area contributed by atoms with Crippen molar-refractivity contribution in [2.75, 3.05) is 26.1 Å². The Hall–Kier alpha value is -2.50. The summed E-state index contributed by atoms with van der Waals surface area (Å²) in [5.41, 5.74) is 0.495. The quantitative estimate of drug-likeness (QED) is 0.644. The van der Waals surface area contributed by atoms with E-state index >= 15 is 0 Å². The number of hydrogen-bond donors (Lipinski definition) is 1. The minimum absolute atomic E-state index is 0.150. The van der Waals surface area contributed by atoms with Gasteiger partial charge in [-0.05, 0) is 31.4 Å². The van der Waals surface area contributed by atoms with Crippen LogP contribution in [0.2, 0.25) is 0 Å². The molecule has 1 atom stereocenters. The molecule has 0 aromatic heterocycles. The Labute approximate surface area is 135 Å². The van der Waals surface area contributed by atoms with Crippen molar-refractivity contribution in [3.63, 3.8) is 0 Å². The number of allylic oxidation sites excluding steroid dienone is 2. The average Bonchev–Trinajstić information content (AvgIpc) is 2.60. The van der Waals surface area contributed by atoms with Gasteiger partial charge in [0, 0.05) is 6.07 Å². The van der Waals surface area contributed by atoms with E-state index in [1.54, 1.807) is 25.3 Å². The van der Waals surface area contributed by atoms with E-state index < -0.39 is 5.91 Å². The van der Waals surface area contributed by atoms with E-state index in [0.717, 1.165) is 12.8 Å². The highest BCUT2D eigenvalue weighted by atomic mass is 16.5. The molecule has 2 rings (SSSR count). The molecule has 1 N–H and O–H groups in total. The molecular weight excluding hydrogens is 298 g/mol. The van der Waals surface area contributed by atoms with Gasteiger partial charge in [-0.15, -0.1) is 0 Å². The number of carbonyl (C=O) groups is 2. The smallest absolute Gasteiger partial charge is 0.309 e. The predicted octanol–water partition coefficient (Wildman–Crippen LogP) is 2.54. The first-order chi connectivity index (χ1) is 11.1. The number of amides is 1. The Bertz CT molecular complexity index is 597. The van der Waals surface area contributed by atoms with Crippen molar-refractivity contribution in [3.05, 3.63) is 30.4 Å². The summed E-state index contributed by atoms with van der Waals surface area (Å²) in [6, 6.07) is 5.04. The van der Waals surface area contributed by atoms with Crippen LogP contribution in [0.4, 0.5) is 5.69 Å². The monoisotopic (exact) mass is 319 g/mol. The third kappa shape index (κ3) is 4.74. The van der Waals surface area contributed by atoms with E-state index in [-0.39, 0.29) is 18.5 Å². The number of nitrogens with one attached hydrogen (secondary N) is 1. The number of benzene rings is 1. The van der Waals surface area contributed by atoms with Gasteiger partial charge in [0.25, 0.3) is 5.91 Å². The summed E-state index contributed by atoms with van der Waals surface area (Å²) in [5.74, 6) is 0.209. The van der Waals surface area contributed by atoms with Crippen molar-refractivity contribution in [2.45, 2.75) is 19.3 Å². The SMILES string of the molecule is COc1ccc(NC(=O)COC(=O)[C@@H]2CC=CCC2)c(OC)c1. The summed E-state index contributed by atoms with van der Waals surface area (Å²) in [4.78, 5) is 23.8. The summed E-state index contributed by atoms with van der Waals surface area (Å²) >= 11 is 0. The fourth-order valence-electron chi connectivity index (χ4n) is 2.35. The molecular formula is C17H21NO5. The highest BCUT2D eigenvalue weighted by Gasteiger charge is 2.21. The molecule has 6 nitrogen and oxygen atoms in total. The third-order valence-corrected chi connectivity index (χ3v) is 3.63. The van der Waals surface area contributed by atoms with E-state index in [1.165, 1.54) is 7.11 Å². The van der Waals surface area contributed by atoms with Crippen molar-refractivity contribution in [1.82, 2.24) is 0 Å². The van der Waals surface area contributed by atoms with Crippen LogP contribution >= 0.6 is 0 Å². The van der Waals surface area contributed by atoms with Gasteiger partial charge in [0.15, 0.2) is 6.61 Å². The van der Waals surface area contributed by atoms with Crippen LogP contribution in [0.1, 0.15) is 19.3 Å². The standard InChI is InChI=1S/C17H21NO5/c1-21-13-8-9-14(15(10-13)22-2)18-16(19)11-23-17(20)12-6-4-3-5-7-12/h3-4,8-10,12H,5-7,11H2,1-2H3,(H,18,19)/t12-/m1/s1. The van der Waals surface area contributed by atoms with Crippen LogP contribution in [0, 0.1) is 5.92 Å². The molecule has 1 amide bonds. The van der Waals surface area contributed by atoms with Crippen LogP contribution in [0.25, 0.3) is 0 Å². The van der Waals surface area contributed by atoms with Gasteiger partial charge in [-0.3, -0.25) is 9.59 Å². The second-order valence-electron chi connectivity index (χ2n) is 5.20. The van der Waals surface area contributed by atoms with Crippen molar-refractivity contribution in [1.29, 1.82) is 0 Å². The average molecular weight is 319 g/mol. The molecule has 1 aliphatic carbocycles. The Morgan fingerprint density at radius 3 is 2.70 bits per heavy atom. The summed E-state index contributed by atoms with van der Waals surface area (Å²) < 4.78 is 15.4. The van der Waals surface area contributed by atoms with E-state index in [9.17, 15) is 9.59 Å². The van der Waals surface area contributed by atoms with Crippen LogP contribution in [0.3, 0.4) is 0 Å². The molecule has 0 unspecified atom stereocenters. The molecule has 0 saturated carbocycles. The lowest BCUT2D eigenvalue weighted by molar-refractivity contribution is -0.151. The zero-order valence-corrected chi connectivity index (χ0v) is 13.3. The van der Waals surface area contributed by atoms with Gasteiger partial charge in [-0.2, -0.15) is 0 Å². The maximum Gasteiger partial charge on any atom is 0.309 e. The van der Waals surface area contributed by atoms with Crippen molar-refractivity contribution >= 4 is 17.6 Å². The highest BCUT2D eigenvalue weighted by molar-refractivity contribution is 5.94. The largest absolute Gasteiger partial charge is 0.497 e. The fraction of sp³-hybridized carbons (Fsp3) is 0.412. The topological polar surface area (TPSA) is 73.9 Å². The molecule has 0 saturated heterocycles. The third-order valence-electron chi connectivity index (χ3n) is 3.63. The van der Waals surface area contributed by atoms with Crippen molar-refractivity contribution in [2.24, 2.45) is 5.92 Å². The molecule has 0 radical (unpaired) electrons. The molecule has 23 heavy (non-hydrogen) atoms. The maximum absolute atomic E-state index is 11.9. The molecule has 1 aliphatic rings. The first-order valence-corrected chi connectivity index (χ1v) is 7.47. The van der Waals surface area contributed by atoms with Gasteiger partial charge in [-0.1, -0.05) is 12.2 Å². The summed E-state index contributed by atoms with van der Waals surface area (Å²) in [6.45, 7) is -0.311. The van der Waals surface area contributed by atoms with Gasteiger partial charge in [0.05, 0.1) is 25.8 Å². The number of methoxy groups -OCH3 is 2. The number of carbonyl (C=O) groups excluding carboxylic acids is 2. The number of hydrogen-bond acceptors (Lipinski definition) is 5. The number of anilines is 1. The van der Waals surface area contributed by atoms with Crippen LogP contribution in [0.15, 0.2) is 30.4 Å². The Balaban J connectivity index is 1.87. The molecule has 0 heterocycles. The Morgan fingerprint density at radius 2 is 2.04 bits per heavy atom. The first kappa shape index (κ1) is 16.9.